The molecule has 0 unspecified atom stereocenters. The zero-order valence-corrected chi connectivity index (χ0v) is 16.4. The van der Waals surface area contributed by atoms with Gasteiger partial charge in [-0.1, -0.05) is 12.1 Å². The maximum absolute atomic E-state index is 3.25. The molecule has 0 saturated heterocycles. The first-order valence-corrected chi connectivity index (χ1v) is 7.35. The van der Waals surface area contributed by atoms with Gasteiger partial charge in [-0.15, -0.1) is 72.5 Å². The standard InChI is InChI=1S/2C9H7.C2H5.C2H4.ClH.Ti/c2*1-2-5-9-7-3-6-8(9)4-1;2*1-2;;/h2*1-7H;1H2,2H3;1-2H2;1H;/q3*-1;;;+4/p-1. The minimum absolute atomic E-state index is 0. The average Bonchev–Trinajstić information content (AvgIpc) is 3.28. The van der Waals surface area contributed by atoms with Crippen molar-refractivity contribution in [2.45, 2.75) is 6.92 Å². The number of halogens is 1. The molecule has 0 radical (unpaired) electrons. The summed E-state index contributed by atoms with van der Waals surface area (Å²) in [5.41, 5.74) is 0. The summed E-state index contributed by atoms with van der Waals surface area (Å²) in [6, 6.07) is 29.3. The second-order valence-corrected chi connectivity index (χ2v) is 4.31. The minimum Gasteiger partial charge on any atom is -1.00 e. The monoisotopic (exact) mass is 370 g/mol. The third kappa shape index (κ3) is 7.32. The van der Waals surface area contributed by atoms with Gasteiger partial charge in [0.25, 0.3) is 0 Å². The molecule has 0 N–H and O–H groups in total. The molecule has 0 spiro atoms. The molecular formula is C22H23ClTi. The van der Waals surface area contributed by atoms with Gasteiger partial charge >= 0.3 is 21.7 Å². The van der Waals surface area contributed by atoms with Gasteiger partial charge in [-0.05, 0) is 0 Å². The summed E-state index contributed by atoms with van der Waals surface area (Å²) in [6.07, 6.45) is 0. The van der Waals surface area contributed by atoms with Gasteiger partial charge in [0.2, 0.25) is 0 Å². The summed E-state index contributed by atoms with van der Waals surface area (Å²) in [5, 5.41) is 5.32. The molecule has 0 amide bonds. The Kier molecular flexibility index (Phi) is 15.4. The van der Waals surface area contributed by atoms with E-state index in [0.717, 1.165) is 0 Å². The van der Waals surface area contributed by atoms with Gasteiger partial charge in [0, 0.05) is 0 Å². The molecule has 0 saturated carbocycles. The van der Waals surface area contributed by atoms with Crippen molar-refractivity contribution in [3.63, 3.8) is 0 Å². The summed E-state index contributed by atoms with van der Waals surface area (Å²) < 4.78 is 0. The van der Waals surface area contributed by atoms with E-state index in [1.807, 2.05) is 0 Å². The van der Waals surface area contributed by atoms with Crippen LogP contribution in [0, 0.1) is 6.92 Å². The molecular weight excluding hydrogens is 348 g/mol. The van der Waals surface area contributed by atoms with Crippen LogP contribution in [0.2, 0.25) is 0 Å². The Bertz CT molecular complexity index is 641. The zero-order chi connectivity index (χ0) is 16.2. The van der Waals surface area contributed by atoms with Gasteiger partial charge < -0.3 is 19.3 Å². The minimum atomic E-state index is 0. The maximum Gasteiger partial charge on any atom is 4.00 e. The van der Waals surface area contributed by atoms with Crippen molar-refractivity contribution in [2.24, 2.45) is 0 Å². The molecule has 0 atom stereocenters. The van der Waals surface area contributed by atoms with Crippen molar-refractivity contribution in [1.29, 1.82) is 0 Å². The molecule has 0 aliphatic carbocycles. The Balaban J connectivity index is 0. The Morgan fingerprint density at radius 2 is 1.00 bits per heavy atom. The summed E-state index contributed by atoms with van der Waals surface area (Å²) in [4.78, 5) is 0. The van der Waals surface area contributed by atoms with Crippen molar-refractivity contribution in [3.8, 4) is 0 Å². The van der Waals surface area contributed by atoms with Crippen LogP contribution in [0.25, 0.3) is 21.5 Å². The fourth-order valence-corrected chi connectivity index (χ4v) is 2.14. The van der Waals surface area contributed by atoms with Gasteiger partial charge in [-0.3, -0.25) is 0 Å². The predicted molar refractivity (Wildman–Crippen MR) is 101 cm³/mol. The van der Waals surface area contributed by atoms with E-state index in [0.29, 0.717) is 0 Å². The van der Waals surface area contributed by atoms with Crippen LogP contribution in [0.4, 0.5) is 0 Å². The van der Waals surface area contributed by atoms with Gasteiger partial charge in [-0.2, -0.15) is 42.0 Å². The number of rotatable bonds is 0. The Morgan fingerprint density at radius 3 is 1.33 bits per heavy atom. The third-order valence-corrected chi connectivity index (χ3v) is 3.10. The zero-order valence-electron chi connectivity index (χ0n) is 14.1. The van der Waals surface area contributed by atoms with Crippen molar-refractivity contribution < 1.29 is 34.1 Å². The van der Waals surface area contributed by atoms with Crippen molar-refractivity contribution in [3.05, 3.63) is 105 Å². The molecule has 0 bridgehead atoms. The van der Waals surface area contributed by atoms with Crippen LogP contribution in [0.15, 0.2) is 98.1 Å². The predicted octanol–water partition coefficient (Wildman–Crippen LogP) is 3.76. The van der Waals surface area contributed by atoms with Gasteiger partial charge in [0.15, 0.2) is 0 Å². The quantitative estimate of drug-likeness (QED) is 0.251. The average molecular weight is 371 g/mol. The van der Waals surface area contributed by atoms with E-state index in [2.05, 4.69) is 105 Å². The van der Waals surface area contributed by atoms with Crippen LogP contribution in [0.5, 0.6) is 0 Å². The van der Waals surface area contributed by atoms with E-state index in [4.69, 9.17) is 0 Å². The first kappa shape index (κ1) is 24.7. The van der Waals surface area contributed by atoms with Crippen LogP contribution in [0.1, 0.15) is 6.92 Å². The SMILES string of the molecule is C=C.[CH2-]C.[Cl-].[Ti+4].c1ccc2[cH-]ccc2c1.c1ccc2[cH-]ccc2c1. The third-order valence-electron chi connectivity index (χ3n) is 3.10. The number of hydrogen-bond acceptors (Lipinski definition) is 0. The molecule has 4 rings (SSSR count). The molecule has 4 aromatic rings. The van der Waals surface area contributed by atoms with Crippen molar-refractivity contribution in [1.82, 2.24) is 0 Å². The molecule has 4 aromatic carbocycles. The first-order chi connectivity index (χ1) is 10.9. The Morgan fingerprint density at radius 1 is 0.667 bits per heavy atom. The van der Waals surface area contributed by atoms with Crippen LogP contribution in [-0.4, -0.2) is 0 Å². The summed E-state index contributed by atoms with van der Waals surface area (Å²) in [7, 11) is 0. The Hall–Kier alpha value is -1.60. The van der Waals surface area contributed by atoms with Crippen LogP contribution < -0.4 is 12.4 Å². The van der Waals surface area contributed by atoms with E-state index in [1.165, 1.54) is 21.5 Å². The molecule has 2 heteroatoms. The maximum atomic E-state index is 3.25. The van der Waals surface area contributed by atoms with E-state index >= 15 is 0 Å². The molecule has 24 heavy (non-hydrogen) atoms. The van der Waals surface area contributed by atoms with E-state index in [1.54, 1.807) is 6.92 Å². The van der Waals surface area contributed by atoms with Crippen molar-refractivity contribution >= 4 is 21.5 Å². The normalized spacial score (nSPS) is 8.08. The van der Waals surface area contributed by atoms with Crippen LogP contribution in [-0.2, 0) is 21.7 Å². The van der Waals surface area contributed by atoms with Crippen LogP contribution in [0.3, 0.4) is 0 Å². The van der Waals surface area contributed by atoms with Gasteiger partial charge in [0.1, 0.15) is 0 Å². The summed E-state index contributed by atoms with van der Waals surface area (Å²) in [5.74, 6) is 0. The molecule has 0 aromatic heterocycles. The van der Waals surface area contributed by atoms with E-state index in [-0.39, 0.29) is 34.1 Å². The van der Waals surface area contributed by atoms with Crippen LogP contribution >= 0.6 is 0 Å². The molecule has 0 aliphatic heterocycles. The van der Waals surface area contributed by atoms with E-state index < -0.39 is 0 Å². The number of fused-ring (bicyclic) bond motifs is 2. The van der Waals surface area contributed by atoms with Gasteiger partial charge in [-0.25, -0.2) is 0 Å². The second-order valence-electron chi connectivity index (χ2n) is 4.31. The van der Waals surface area contributed by atoms with Gasteiger partial charge in [0.05, 0.1) is 0 Å². The largest absolute Gasteiger partial charge is 4.00 e. The molecule has 0 fully saturated rings. The fourth-order valence-electron chi connectivity index (χ4n) is 2.14. The second kappa shape index (κ2) is 15.0. The number of benzene rings is 2. The Labute approximate surface area is 167 Å². The molecule has 0 heterocycles. The number of hydrogen-bond donors (Lipinski definition) is 0. The first-order valence-electron chi connectivity index (χ1n) is 7.35. The topological polar surface area (TPSA) is 0 Å². The molecule has 0 aliphatic rings. The van der Waals surface area contributed by atoms with E-state index in [9.17, 15) is 0 Å². The molecule has 122 valence electrons. The summed E-state index contributed by atoms with van der Waals surface area (Å²) >= 11 is 0. The fraction of sp³-hybridized carbons (Fsp3) is 0.0455. The smallest absolute Gasteiger partial charge is 1.00 e. The van der Waals surface area contributed by atoms with Crippen molar-refractivity contribution in [2.75, 3.05) is 0 Å². The molecule has 0 nitrogen and oxygen atoms in total. The summed E-state index contributed by atoms with van der Waals surface area (Å²) in [6.45, 7) is 11.0.